The van der Waals surface area contributed by atoms with Crippen molar-refractivity contribution in [3.05, 3.63) is 88.7 Å². The van der Waals surface area contributed by atoms with Gasteiger partial charge in [0.1, 0.15) is 5.69 Å². The Morgan fingerprint density at radius 3 is 2.42 bits per heavy atom. The predicted octanol–water partition coefficient (Wildman–Crippen LogP) is 3.84. The van der Waals surface area contributed by atoms with Gasteiger partial charge in [0.15, 0.2) is 6.10 Å². The van der Waals surface area contributed by atoms with Gasteiger partial charge in [-0.25, -0.2) is 9.59 Å². The third kappa shape index (κ3) is 6.68. The summed E-state index contributed by atoms with van der Waals surface area (Å²) in [6, 6.07) is 16.0. The molecule has 9 heteroatoms. The van der Waals surface area contributed by atoms with Gasteiger partial charge in [-0.3, -0.25) is 9.78 Å². The molecule has 0 fully saturated rings. The van der Waals surface area contributed by atoms with E-state index in [9.17, 15) is 19.5 Å². The quantitative estimate of drug-likeness (QED) is 0.398. The fourth-order valence-corrected chi connectivity index (χ4v) is 3.83. The lowest BCUT2D eigenvalue weighted by Crippen LogP contribution is -2.49. The second kappa shape index (κ2) is 12.8. The summed E-state index contributed by atoms with van der Waals surface area (Å²) in [7, 11) is 0. The number of hydrogen-bond acceptors (Lipinski definition) is 7. The Kier molecular flexibility index (Phi) is 9.55. The summed E-state index contributed by atoms with van der Waals surface area (Å²) < 4.78 is 10.1. The van der Waals surface area contributed by atoms with Crippen LogP contribution in [0.1, 0.15) is 40.3 Å². The van der Waals surface area contributed by atoms with Gasteiger partial charge in [0.25, 0.3) is 5.91 Å². The first-order chi connectivity index (χ1) is 17.3. The lowest BCUT2D eigenvalue weighted by molar-refractivity contribution is -0.154. The molecule has 3 rings (SSSR count). The van der Waals surface area contributed by atoms with Crippen LogP contribution in [0.15, 0.2) is 66.9 Å². The van der Waals surface area contributed by atoms with Crippen molar-refractivity contribution in [2.45, 2.75) is 32.4 Å². The van der Waals surface area contributed by atoms with Crippen molar-refractivity contribution in [1.29, 1.82) is 0 Å². The summed E-state index contributed by atoms with van der Waals surface area (Å²) in [4.78, 5) is 42.0. The fraction of sp³-hybridized carbons (Fsp3) is 0.259. The Labute approximate surface area is 214 Å². The zero-order chi connectivity index (χ0) is 26.1. The van der Waals surface area contributed by atoms with Crippen LogP contribution in [-0.4, -0.2) is 53.3 Å². The van der Waals surface area contributed by atoms with Crippen LogP contribution in [0.25, 0.3) is 11.1 Å². The highest BCUT2D eigenvalue weighted by Crippen LogP contribution is 2.25. The van der Waals surface area contributed by atoms with E-state index in [1.807, 2.05) is 0 Å². The minimum Gasteiger partial charge on any atom is -0.464 e. The monoisotopic (exact) mass is 510 g/mol. The van der Waals surface area contributed by atoms with E-state index in [0.29, 0.717) is 27.3 Å². The maximum Gasteiger partial charge on any atom is 0.338 e. The molecule has 0 radical (unpaired) electrons. The summed E-state index contributed by atoms with van der Waals surface area (Å²) >= 11 is 6.26. The van der Waals surface area contributed by atoms with Crippen molar-refractivity contribution < 1.29 is 29.0 Å². The summed E-state index contributed by atoms with van der Waals surface area (Å²) in [6.45, 7) is 3.65. The number of carbonyl (C=O) groups is 3. The minimum atomic E-state index is -1.63. The van der Waals surface area contributed by atoms with Gasteiger partial charge < -0.3 is 19.9 Å². The summed E-state index contributed by atoms with van der Waals surface area (Å²) in [5, 5.41) is 13.7. The number of aliphatic hydroxyl groups excluding tert-OH is 1. The molecule has 0 unspecified atom stereocenters. The maximum atomic E-state index is 13.2. The van der Waals surface area contributed by atoms with Crippen LogP contribution in [0.2, 0.25) is 5.02 Å². The summed E-state index contributed by atoms with van der Waals surface area (Å²) in [5.41, 5.74) is 2.18. The number of nitrogens with zero attached hydrogens (tertiary/aromatic N) is 1. The lowest BCUT2D eigenvalue weighted by Gasteiger charge is -2.23. The molecule has 1 aromatic heterocycles. The Morgan fingerprint density at radius 1 is 1.00 bits per heavy atom. The van der Waals surface area contributed by atoms with E-state index < -0.39 is 30.0 Å². The SMILES string of the molecule is CCOC(=O)c1ccccc1-c1ccnc(C(=O)N[C@H](Cc2ccccc2Cl)[C@@H](O)C(=O)OCC)c1. The van der Waals surface area contributed by atoms with Gasteiger partial charge in [0, 0.05) is 11.2 Å². The zero-order valence-corrected chi connectivity index (χ0v) is 20.7. The van der Waals surface area contributed by atoms with Gasteiger partial charge in [0.2, 0.25) is 0 Å². The lowest BCUT2D eigenvalue weighted by atomic mass is 9.99. The van der Waals surface area contributed by atoms with E-state index in [2.05, 4.69) is 10.3 Å². The minimum absolute atomic E-state index is 0.0337. The molecule has 36 heavy (non-hydrogen) atoms. The molecule has 8 nitrogen and oxygen atoms in total. The van der Waals surface area contributed by atoms with Crippen LogP contribution < -0.4 is 5.32 Å². The predicted molar refractivity (Wildman–Crippen MR) is 135 cm³/mol. The molecule has 2 atom stereocenters. The number of benzene rings is 2. The molecule has 2 aromatic carbocycles. The number of ether oxygens (including phenoxy) is 2. The Balaban J connectivity index is 1.89. The number of amides is 1. The number of aliphatic hydroxyl groups is 1. The smallest absolute Gasteiger partial charge is 0.338 e. The van der Waals surface area contributed by atoms with Crippen molar-refractivity contribution in [3.63, 3.8) is 0 Å². The molecular weight excluding hydrogens is 484 g/mol. The van der Waals surface area contributed by atoms with Crippen molar-refractivity contribution >= 4 is 29.4 Å². The van der Waals surface area contributed by atoms with Crippen LogP contribution in [0, 0.1) is 0 Å². The van der Waals surface area contributed by atoms with E-state index in [-0.39, 0.29) is 25.3 Å². The van der Waals surface area contributed by atoms with Gasteiger partial charge in [-0.15, -0.1) is 0 Å². The van der Waals surface area contributed by atoms with E-state index in [0.717, 1.165) is 0 Å². The van der Waals surface area contributed by atoms with Gasteiger partial charge in [-0.2, -0.15) is 0 Å². The molecule has 0 aliphatic carbocycles. The normalized spacial score (nSPS) is 12.3. The highest BCUT2D eigenvalue weighted by molar-refractivity contribution is 6.31. The molecule has 0 aliphatic rings. The molecular formula is C27H27ClN2O6. The van der Waals surface area contributed by atoms with Crippen LogP contribution >= 0.6 is 11.6 Å². The van der Waals surface area contributed by atoms with E-state index in [1.54, 1.807) is 68.4 Å². The first-order valence-electron chi connectivity index (χ1n) is 11.5. The summed E-state index contributed by atoms with van der Waals surface area (Å²) in [5.74, 6) is -1.96. The molecule has 0 aliphatic heterocycles. The van der Waals surface area contributed by atoms with Crippen LogP contribution in [-0.2, 0) is 20.7 Å². The zero-order valence-electron chi connectivity index (χ0n) is 19.9. The molecule has 0 saturated heterocycles. The highest BCUT2D eigenvalue weighted by Gasteiger charge is 2.30. The van der Waals surface area contributed by atoms with Gasteiger partial charge in [-0.05, 0) is 61.2 Å². The highest BCUT2D eigenvalue weighted by atomic mass is 35.5. The average Bonchev–Trinajstić information content (AvgIpc) is 2.89. The Hall–Kier alpha value is -3.75. The van der Waals surface area contributed by atoms with Gasteiger partial charge >= 0.3 is 11.9 Å². The average molecular weight is 511 g/mol. The van der Waals surface area contributed by atoms with Crippen molar-refractivity contribution in [2.24, 2.45) is 0 Å². The third-order valence-corrected chi connectivity index (χ3v) is 5.72. The first-order valence-corrected chi connectivity index (χ1v) is 11.8. The van der Waals surface area contributed by atoms with Crippen molar-refractivity contribution in [2.75, 3.05) is 13.2 Å². The van der Waals surface area contributed by atoms with Crippen molar-refractivity contribution in [1.82, 2.24) is 10.3 Å². The Bertz CT molecular complexity index is 1230. The number of pyridine rings is 1. The largest absolute Gasteiger partial charge is 0.464 e. The molecule has 1 amide bonds. The van der Waals surface area contributed by atoms with Crippen LogP contribution in [0.3, 0.4) is 0 Å². The molecule has 0 bridgehead atoms. The second-order valence-electron chi connectivity index (χ2n) is 7.77. The van der Waals surface area contributed by atoms with Gasteiger partial charge in [-0.1, -0.05) is 48.0 Å². The number of hydrogen-bond donors (Lipinski definition) is 2. The molecule has 3 aromatic rings. The number of rotatable bonds is 10. The maximum absolute atomic E-state index is 13.2. The van der Waals surface area contributed by atoms with Crippen LogP contribution in [0.4, 0.5) is 0 Å². The first kappa shape index (κ1) is 26.8. The van der Waals surface area contributed by atoms with Crippen LogP contribution in [0.5, 0.6) is 0 Å². The van der Waals surface area contributed by atoms with E-state index in [1.165, 1.54) is 12.3 Å². The molecule has 0 spiro atoms. The number of nitrogens with one attached hydrogen (secondary N) is 1. The third-order valence-electron chi connectivity index (χ3n) is 5.35. The molecule has 0 saturated carbocycles. The molecule has 188 valence electrons. The number of halogens is 1. The number of esters is 2. The Morgan fingerprint density at radius 2 is 1.69 bits per heavy atom. The second-order valence-corrected chi connectivity index (χ2v) is 8.18. The van der Waals surface area contributed by atoms with E-state index >= 15 is 0 Å². The fourth-order valence-electron chi connectivity index (χ4n) is 3.62. The van der Waals surface area contributed by atoms with Crippen molar-refractivity contribution in [3.8, 4) is 11.1 Å². The topological polar surface area (TPSA) is 115 Å². The summed E-state index contributed by atoms with van der Waals surface area (Å²) in [6.07, 6.45) is -0.105. The number of aromatic nitrogens is 1. The molecule has 1 heterocycles. The van der Waals surface area contributed by atoms with Gasteiger partial charge in [0.05, 0.1) is 24.8 Å². The molecule has 2 N–H and O–H groups in total. The number of carbonyl (C=O) groups excluding carboxylic acids is 3. The standard InChI is InChI=1S/C27H27ClN2O6/c1-3-35-26(33)20-11-7-6-10-19(20)17-13-14-29-23(15-17)25(32)30-22(24(31)27(34)36-4-2)16-18-9-5-8-12-21(18)28/h5-15,22,24,31H,3-4,16H2,1-2H3,(H,30,32)/t22-,24-/m1/s1. The van der Waals surface area contributed by atoms with E-state index in [4.69, 9.17) is 21.1 Å².